The fourth-order valence-electron chi connectivity index (χ4n) is 3.26. The van der Waals surface area contributed by atoms with E-state index in [-0.39, 0.29) is 23.4 Å². The summed E-state index contributed by atoms with van der Waals surface area (Å²) in [6.45, 7) is 1.82. The van der Waals surface area contributed by atoms with Crippen LogP contribution in [0.1, 0.15) is 40.4 Å². The number of carbonyl (C=O) groups excluding carboxylic acids is 1. The highest BCUT2D eigenvalue weighted by Crippen LogP contribution is 2.31. The van der Waals surface area contributed by atoms with Gasteiger partial charge >= 0.3 is 0 Å². The number of rotatable bonds is 10. The van der Waals surface area contributed by atoms with E-state index >= 15 is 8.78 Å². The smallest absolute Gasteiger partial charge is 0.300 e. The Kier molecular flexibility index (Phi) is 8.36. The van der Waals surface area contributed by atoms with Gasteiger partial charge in [0.2, 0.25) is 0 Å². The third-order valence-electron chi connectivity index (χ3n) is 5.07. The zero-order valence-electron chi connectivity index (χ0n) is 19.3. The fraction of sp³-hybridized carbons (Fsp3) is 0.167. The van der Waals surface area contributed by atoms with Crippen molar-refractivity contribution in [3.8, 4) is 12.3 Å². The minimum Gasteiger partial charge on any atom is -0.366 e. The lowest BCUT2D eigenvalue weighted by Crippen LogP contribution is -2.31. The standard InChI is InChI=1S/C24H21F4N5O3S/c1-3-8-31-37(35,36)33-24-20(27)14(7-9-30-24)11-15-12-16(23(29)34)22(21(28)19(15)26)32-18-6-5-13(4-2)10-17(18)25/h2,5-7,9-10,12,31-32H,3,8,11H2,1H3,(H2,29,34)(H,30,33). The minimum atomic E-state index is -4.13. The zero-order chi connectivity index (χ0) is 27.3. The van der Waals surface area contributed by atoms with Crippen LogP contribution in [-0.4, -0.2) is 25.9 Å². The summed E-state index contributed by atoms with van der Waals surface area (Å²) >= 11 is 0. The molecule has 194 valence electrons. The molecule has 0 bridgehead atoms. The Hall–Kier alpha value is -4.15. The number of nitrogens with one attached hydrogen (secondary N) is 3. The lowest BCUT2D eigenvalue weighted by molar-refractivity contribution is 0.100. The van der Waals surface area contributed by atoms with E-state index in [0.29, 0.717) is 6.42 Å². The molecule has 0 saturated carbocycles. The number of primary amides is 1. The molecule has 0 aliphatic rings. The van der Waals surface area contributed by atoms with Crippen LogP contribution in [0.2, 0.25) is 0 Å². The predicted molar refractivity (Wildman–Crippen MR) is 130 cm³/mol. The number of hydrogen-bond acceptors (Lipinski definition) is 5. The largest absolute Gasteiger partial charge is 0.366 e. The van der Waals surface area contributed by atoms with E-state index < -0.39 is 68.4 Å². The molecule has 3 aromatic rings. The molecule has 0 atom stereocenters. The second-order valence-electron chi connectivity index (χ2n) is 7.72. The van der Waals surface area contributed by atoms with Crippen molar-refractivity contribution < 1.29 is 30.8 Å². The molecule has 8 nitrogen and oxygen atoms in total. The quantitative estimate of drug-likeness (QED) is 0.233. The van der Waals surface area contributed by atoms with Crippen LogP contribution in [-0.2, 0) is 16.6 Å². The lowest BCUT2D eigenvalue weighted by Gasteiger charge is -2.16. The number of hydrogen-bond donors (Lipinski definition) is 4. The summed E-state index contributed by atoms with van der Waals surface area (Å²) in [4.78, 5) is 15.7. The molecule has 0 spiro atoms. The number of terminal acetylenes is 1. The molecule has 3 rings (SSSR count). The monoisotopic (exact) mass is 535 g/mol. The number of pyridine rings is 1. The average molecular weight is 536 g/mol. The van der Waals surface area contributed by atoms with Gasteiger partial charge < -0.3 is 11.1 Å². The maximum absolute atomic E-state index is 15.1. The second-order valence-corrected chi connectivity index (χ2v) is 9.22. The van der Waals surface area contributed by atoms with Gasteiger partial charge in [-0.2, -0.15) is 13.1 Å². The summed E-state index contributed by atoms with van der Waals surface area (Å²) in [5, 5.41) is 2.31. The predicted octanol–water partition coefficient (Wildman–Crippen LogP) is 3.71. The molecule has 0 aliphatic heterocycles. The molecule has 37 heavy (non-hydrogen) atoms. The minimum absolute atomic E-state index is 0.0926. The summed E-state index contributed by atoms with van der Waals surface area (Å²) in [5.74, 6) is -4.67. The van der Waals surface area contributed by atoms with Crippen LogP contribution >= 0.6 is 0 Å². The maximum Gasteiger partial charge on any atom is 0.300 e. The van der Waals surface area contributed by atoms with E-state index in [1.165, 1.54) is 12.1 Å². The SMILES string of the molecule is C#Cc1ccc(Nc2c(C(N)=O)cc(Cc3ccnc(NS(=O)(=O)NCCC)c3F)c(F)c2F)c(F)c1. The lowest BCUT2D eigenvalue weighted by atomic mass is 10.00. The molecular formula is C24H21F4N5O3S. The van der Waals surface area contributed by atoms with Gasteiger partial charge in [0.25, 0.3) is 16.1 Å². The van der Waals surface area contributed by atoms with E-state index in [9.17, 15) is 22.0 Å². The molecular weight excluding hydrogens is 514 g/mol. The van der Waals surface area contributed by atoms with E-state index in [4.69, 9.17) is 12.2 Å². The van der Waals surface area contributed by atoms with Crippen molar-refractivity contribution in [3.05, 3.63) is 82.1 Å². The molecule has 1 aromatic heterocycles. The molecule has 0 saturated heterocycles. The zero-order valence-corrected chi connectivity index (χ0v) is 20.1. The summed E-state index contributed by atoms with van der Waals surface area (Å²) < 4.78 is 87.5. The molecule has 0 radical (unpaired) electrons. The van der Waals surface area contributed by atoms with Crippen LogP contribution in [0.3, 0.4) is 0 Å². The molecule has 2 aromatic carbocycles. The van der Waals surface area contributed by atoms with Crippen LogP contribution in [0, 0.1) is 35.6 Å². The topological polar surface area (TPSA) is 126 Å². The van der Waals surface area contributed by atoms with Crippen molar-refractivity contribution in [3.63, 3.8) is 0 Å². The highest BCUT2D eigenvalue weighted by atomic mass is 32.2. The van der Waals surface area contributed by atoms with Crippen molar-refractivity contribution in [2.24, 2.45) is 5.73 Å². The Balaban J connectivity index is 1.99. The first-order valence-electron chi connectivity index (χ1n) is 10.7. The molecule has 5 N–H and O–H groups in total. The molecule has 1 amide bonds. The Bertz CT molecular complexity index is 1510. The van der Waals surface area contributed by atoms with Gasteiger partial charge in [-0.1, -0.05) is 12.8 Å². The molecule has 0 aliphatic carbocycles. The van der Waals surface area contributed by atoms with Gasteiger partial charge in [-0.3, -0.25) is 9.52 Å². The summed E-state index contributed by atoms with van der Waals surface area (Å²) in [7, 11) is -4.13. The molecule has 0 fully saturated rings. The van der Waals surface area contributed by atoms with Crippen LogP contribution in [0.5, 0.6) is 0 Å². The van der Waals surface area contributed by atoms with Crippen molar-refractivity contribution in [2.75, 3.05) is 16.6 Å². The number of aromatic nitrogens is 1. The van der Waals surface area contributed by atoms with Gasteiger partial charge in [0.1, 0.15) is 5.82 Å². The number of anilines is 3. The van der Waals surface area contributed by atoms with E-state index in [1.54, 1.807) is 6.92 Å². The number of halogens is 4. The van der Waals surface area contributed by atoms with Crippen molar-refractivity contribution in [1.29, 1.82) is 0 Å². The van der Waals surface area contributed by atoms with Crippen LogP contribution in [0.15, 0.2) is 36.5 Å². The highest BCUT2D eigenvalue weighted by Gasteiger charge is 2.24. The van der Waals surface area contributed by atoms with Gasteiger partial charge in [-0.25, -0.2) is 22.5 Å². The maximum atomic E-state index is 15.1. The highest BCUT2D eigenvalue weighted by molar-refractivity contribution is 7.90. The van der Waals surface area contributed by atoms with Crippen LogP contribution < -0.4 is 20.5 Å². The van der Waals surface area contributed by atoms with E-state index in [2.05, 4.69) is 20.9 Å². The number of benzene rings is 2. The summed E-state index contributed by atoms with van der Waals surface area (Å²) in [6.07, 6.45) is 6.16. The number of carbonyl (C=O) groups is 1. The van der Waals surface area contributed by atoms with Gasteiger partial charge in [0.15, 0.2) is 23.3 Å². The number of amides is 1. The first kappa shape index (κ1) is 27.4. The number of nitrogens with zero attached hydrogens (tertiary/aromatic N) is 1. The molecule has 1 heterocycles. The van der Waals surface area contributed by atoms with Gasteiger partial charge in [0, 0.05) is 24.7 Å². The average Bonchev–Trinajstić information content (AvgIpc) is 2.85. The summed E-state index contributed by atoms with van der Waals surface area (Å²) in [6, 6.07) is 5.51. The third kappa shape index (κ3) is 6.35. The molecule has 0 unspecified atom stereocenters. The number of nitrogens with two attached hydrogens (primary N) is 1. The Morgan fingerprint density at radius 2 is 1.81 bits per heavy atom. The normalized spacial score (nSPS) is 11.1. The third-order valence-corrected chi connectivity index (χ3v) is 6.11. The van der Waals surface area contributed by atoms with Crippen molar-refractivity contribution >= 4 is 33.3 Å². The van der Waals surface area contributed by atoms with Crippen LogP contribution in [0.25, 0.3) is 0 Å². The first-order chi connectivity index (χ1) is 17.5. The van der Waals surface area contributed by atoms with Crippen molar-refractivity contribution in [1.82, 2.24) is 9.71 Å². The van der Waals surface area contributed by atoms with E-state index in [1.807, 2.05) is 4.72 Å². The Labute approximate surface area is 210 Å². The van der Waals surface area contributed by atoms with E-state index in [0.717, 1.165) is 24.4 Å². The summed E-state index contributed by atoms with van der Waals surface area (Å²) in [5.41, 5.74) is 3.24. The Morgan fingerprint density at radius 3 is 2.43 bits per heavy atom. The van der Waals surface area contributed by atoms with Gasteiger partial charge in [0.05, 0.1) is 16.9 Å². The second kappa shape index (κ2) is 11.3. The molecule has 13 heteroatoms. The van der Waals surface area contributed by atoms with Gasteiger partial charge in [-0.15, -0.1) is 6.42 Å². The van der Waals surface area contributed by atoms with Gasteiger partial charge in [-0.05, 0) is 47.9 Å². The van der Waals surface area contributed by atoms with Crippen LogP contribution in [0.4, 0.5) is 34.8 Å². The fourth-order valence-corrected chi connectivity index (χ4v) is 4.20. The Morgan fingerprint density at radius 1 is 1.08 bits per heavy atom. The first-order valence-corrected chi connectivity index (χ1v) is 12.2. The van der Waals surface area contributed by atoms with Crippen molar-refractivity contribution in [2.45, 2.75) is 19.8 Å².